The molecule has 0 radical (unpaired) electrons. The maximum atomic E-state index is 6.20. The van der Waals surface area contributed by atoms with Crippen molar-refractivity contribution in [3.8, 4) is 0 Å². The fourth-order valence-electron chi connectivity index (χ4n) is 4.11. The highest BCUT2D eigenvalue weighted by molar-refractivity contribution is 6.35. The Bertz CT molecular complexity index is 1050. The summed E-state index contributed by atoms with van der Waals surface area (Å²) in [7, 11) is 0. The van der Waals surface area contributed by atoms with Crippen LogP contribution in [0.5, 0.6) is 0 Å². The lowest BCUT2D eigenvalue weighted by atomic mass is 9.86. The number of imidazole rings is 1. The van der Waals surface area contributed by atoms with Crippen molar-refractivity contribution in [2.45, 2.75) is 58.0 Å². The van der Waals surface area contributed by atoms with Gasteiger partial charge in [-0.05, 0) is 77.1 Å². The summed E-state index contributed by atoms with van der Waals surface area (Å²) in [4.78, 5) is 14.1. The highest BCUT2D eigenvalue weighted by Gasteiger charge is 2.27. The zero-order valence-electron chi connectivity index (χ0n) is 18.1. The van der Waals surface area contributed by atoms with E-state index in [9.17, 15) is 0 Å². The monoisotopic (exact) mass is 461 g/mol. The second kappa shape index (κ2) is 8.81. The molecule has 1 aliphatic rings. The molecule has 4 rings (SSSR count). The smallest absolute Gasteiger partial charge is 0.225 e. The lowest BCUT2D eigenvalue weighted by molar-refractivity contribution is 0.284. The molecule has 1 aromatic carbocycles. The number of hydrogen-bond acceptors (Lipinski definition) is 6. The van der Waals surface area contributed by atoms with Gasteiger partial charge in [-0.25, -0.2) is 9.97 Å². The third-order valence-electron chi connectivity index (χ3n) is 5.55. The summed E-state index contributed by atoms with van der Waals surface area (Å²) in [5, 5.41) is 7.90. The normalized spacial score (nSPS) is 19.5. The number of nitrogens with one attached hydrogen (secondary N) is 2. The minimum atomic E-state index is -0.143. The summed E-state index contributed by atoms with van der Waals surface area (Å²) in [5.41, 5.74) is 8.11. The Balaban J connectivity index is 1.76. The van der Waals surface area contributed by atoms with Gasteiger partial charge in [0.1, 0.15) is 5.52 Å². The Morgan fingerprint density at radius 1 is 1.06 bits per heavy atom. The Kier molecular flexibility index (Phi) is 6.28. The summed E-state index contributed by atoms with van der Waals surface area (Å²) < 4.78 is 2.20. The molecule has 2 aromatic heterocycles. The molecule has 7 nitrogen and oxygen atoms in total. The van der Waals surface area contributed by atoms with Gasteiger partial charge < -0.3 is 16.4 Å². The molecule has 1 saturated carbocycles. The first kappa shape index (κ1) is 22.1. The number of anilines is 3. The Hall–Kier alpha value is -2.09. The number of fused-ring (bicyclic) bond motifs is 1. The van der Waals surface area contributed by atoms with Gasteiger partial charge in [-0.3, -0.25) is 4.57 Å². The highest BCUT2D eigenvalue weighted by atomic mass is 35.5. The van der Waals surface area contributed by atoms with Crippen molar-refractivity contribution >= 4 is 51.9 Å². The van der Waals surface area contributed by atoms with Crippen LogP contribution < -0.4 is 16.4 Å². The lowest BCUT2D eigenvalue weighted by Crippen LogP contribution is -2.27. The van der Waals surface area contributed by atoms with Crippen LogP contribution in [0.4, 0.5) is 17.6 Å². The molecule has 0 atom stereocenters. The van der Waals surface area contributed by atoms with Crippen LogP contribution in [0.15, 0.2) is 24.4 Å². The average molecular weight is 462 g/mol. The van der Waals surface area contributed by atoms with Crippen LogP contribution in [0.3, 0.4) is 0 Å². The van der Waals surface area contributed by atoms with Gasteiger partial charge in [-0.15, -0.1) is 0 Å². The highest BCUT2D eigenvalue weighted by Crippen LogP contribution is 2.37. The van der Waals surface area contributed by atoms with Crippen molar-refractivity contribution in [3.63, 3.8) is 0 Å². The number of hydrogen-bond donors (Lipinski definition) is 3. The first-order valence-electron chi connectivity index (χ1n) is 10.7. The largest absolute Gasteiger partial charge is 0.350 e. The molecule has 4 N–H and O–H groups in total. The molecule has 3 aromatic rings. The predicted molar refractivity (Wildman–Crippen MR) is 128 cm³/mol. The van der Waals surface area contributed by atoms with E-state index in [1.54, 1.807) is 12.3 Å². The van der Waals surface area contributed by atoms with E-state index in [1.807, 2.05) is 12.1 Å². The van der Waals surface area contributed by atoms with E-state index in [4.69, 9.17) is 38.9 Å². The number of nitrogens with two attached hydrogens (primary N) is 1. The van der Waals surface area contributed by atoms with Crippen LogP contribution in [-0.2, 0) is 0 Å². The van der Waals surface area contributed by atoms with Gasteiger partial charge in [-0.2, -0.15) is 4.98 Å². The van der Waals surface area contributed by atoms with Crippen molar-refractivity contribution in [3.05, 3.63) is 34.4 Å². The maximum Gasteiger partial charge on any atom is 0.225 e. The number of nitrogens with zero attached hydrogens (tertiary/aromatic N) is 4. The molecule has 166 valence electrons. The zero-order valence-corrected chi connectivity index (χ0v) is 19.6. The summed E-state index contributed by atoms with van der Waals surface area (Å²) in [6, 6.07) is 5.66. The van der Waals surface area contributed by atoms with Gasteiger partial charge in [0.2, 0.25) is 11.9 Å². The van der Waals surface area contributed by atoms with Crippen molar-refractivity contribution in [2.24, 2.45) is 11.7 Å². The molecule has 1 aliphatic carbocycles. The van der Waals surface area contributed by atoms with Crippen LogP contribution in [0.25, 0.3) is 11.2 Å². The second-order valence-electron chi connectivity index (χ2n) is 9.28. The molecule has 9 heteroatoms. The molecule has 31 heavy (non-hydrogen) atoms. The van der Waals surface area contributed by atoms with Crippen molar-refractivity contribution < 1.29 is 0 Å². The fraction of sp³-hybridized carbons (Fsp3) is 0.500. The summed E-state index contributed by atoms with van der Waals surface area (Å²) in [5.74, 6) is 1.89. The van der Waals surface area contributed by atoms with E-state index in [-0.39, 0.29) is 11.6 Å². The topological polar surface area (TPSA) is 93.7 Å². The molecule has 0 aliphatic heterocycles. The van der Waals surface area contributed by atoms with Crippen molar-refractivity contribution in [2.75, 3.05) is 17.2 Å². The molecule has 2 heterocycles. The lowest BCUT2D eigenvalue weighted by Gasteiger charge is -2.30. The first-order valence-corrected chi connectivity index (χ1v) is 11.4. The molecular formula is C22H29Cl2N7. The molecule has 0 amide bonds. The van der Waals surface area contributed by atoms with Crippen LogP contribution >= 0.6 is 23.2 Å². The van der Waals surface area contributed by atoms with E-state index in [2.05, 4.69) is 41.0 Å². The number of halogens is 2. The molecule has 1 fully saturated rings. The third kappa shape index (κ3) is 5.22. The minimum absolute atomic E-state index is 0.143. The standard InChI is InChI=1S/C22H29Cl2N7/c1-22(2,3)30-20-26-12-18-19(29-20)31(17-6-4-13(11-25)5-7-17)21(28-18)27-16-9-14(23)8-15(24)10-16/h8-10,12-13,17H,4-7,11,25H2,1-3H3,(H,27,28)(H,26,29,30). The van der Waals surface area contributed by atoms with Gasteiger partial charge in [-0.1, -0.05) is 23.2 Å². The summed E-state index contributed by atoms with van der Waals surface area (Å²) in [6.07, 6.45) is 6.03. The number of rotatable bonds is 5. The Morgan fingerprint density at radius 2 is 1.74 bits per heavy atom. The average Bonchev–Trinajstić information content (AvgIpc) is 3.03. The first-order chi connectivity index (χ1) is 14.7. The SMILES string of the molecule is CC(C)(C)Nc1ncc2nc(Nc3cc(Cl)cc(Cl)c3)n(C3CCC(CN)CC3)c2n1. The van der Waals surface area contributed by atoms with E-state index < -0.39 is 0 Å². The second-order valence-corrected chi connectivity index (χ2v) is 10.1. The van der Waals surface area contributed by atoms with Crippen LogP contribution in [0.1, 0.15) is 52.5 Å². The van der Waals surface area contributed by atoms with Gasteiger partial charge in [0.15, 0.2) is 5.65 Å². The van der Waals surface area contributed by atoms with E-state index in [1.165, 1.54) is 0 Å². The summed E-state index contributed by atoms with van der Waals surface area (Å²) in [6.45, 7) is 7.00. The molecule has 0 unspecified atom stereocenters. The molecule has 0 saturated heterocycles. The van der Waals surface area contributed by atoms with Crippen LogP contribution in [-0.4, -0.2) is 31.6 Å². The van der Waals surface area contributed by atoms with Gasteiger partial charge in [0, 0.05) is 27.3 Å². The minimum Gasteiger partial charge on any atom is -0.350 e. The van der Waals surface area contributed by atoms with E-state index >= 15 is 0 Å². The fourth-order valence-corrected chi connectivity index (χ4v) is 4.64. The maximum absolute atomic E-state index is 6.20. The van der Waals surface area contributed by atoms with Gasteiger partial charge in [0.25, 0.3) is 0 Å². The molecule has 0 spiro atoms. The van der Waals surface area contributed by atoms with Crippen molar-refractivity contribution in [1.29, 1.82) is 0 Å². The van der Waals surface area contributed by atoms with Gasteiger partial charge in [0.05, 0.1) is 6.20 Å². The summed E-state index contributed by atoms with van der Waals surface area (Å²) >= 11 is 12.4. The van der Waals surface area contributed by atoms with E-state index in [0.717, 1.165) is 49.1 Å². The Morgan fingerprint density at radius 3 is 2.35 bits per heavy atom. The Labute approximate surface area is 192 Å². The van der Waals surface area contributed by atoms with E-state index in [0.29, 0.717) is 27.9 Å². The van der Waals surface area contributed by atoms with Crippen molar-refractivity contribution in [1.82, 2.24) is 19.5 Å². The van der Waals surface area contributed by atoms with Crippen LogP contribution in [0, 0.1) is 5.92 Å². The zero-order chi connectivity index (χ0) is 22.2. The number of benzene rings is 1. The number of aromatic nitrogens is 4. The van der Waals surface area contributed by atoms with Gasteiger partial charge >= 0.3 is 0 Å². The predicted octanol–water partition coefficient (Wildman–Crippen LogP) is 5.78. The van der Waals surface area contributed by atoms with Crippen LogP contribution in [0.2, 0.25) is 10.0 Å². The molecular weight excluding hydrogens is 433 g/mol. The third-order valence-corrected chi connectivity index (χ3v) is 5.99. The quantitative estimate of drug-likeness (QED) is 0.445. The molecule has 0 bridgehead atoms.